The Labute approximate surface area is 302 Å². The molecular formula is C41H53N3O7. The van der Waals surface area contributed by atoms with Gasteiger partial charge in [0.2, 0.25) is 0 Å². The number of benzene rings is 2. The molecule has 0 aromatic heterocycles. The van der Waals surface area contributed by atoms with Gasteiger partial charge in [0, 0.05) is 27.8 Å². The van der Waals surface area contributed by atoms with Gasteiger partial charge in [-0.05, 0) is 117 Å². The number of imide groups is 1. The number of carbonyl (C=O) groups excluding carboxylic acids is 5. The molecular weight excluding hydrogens is 646 g/mol. The van der Waals surface area contributed by atoms with Crippen LogP contribution in [0.5, 0.6) is 5.75 Å². The standard InChI is InChI=1S/C22H28N2O3.C19H25NO4/c1-14-11-15(2)13-17(12-14)21(26)24(22(4,5)6)23-20(25)18-9-8-10-19(27-7)16(18)3;1-11(2)9-14-15(19(14,3)4)18(23)24-10-20-16(21)12-7-5-6-8-13(12)17(20)22/h8-13H,1-7H3,(H,23,25);9,14-15H,5-8,10H2,1-4H3. The maximum atomic E-state index is 13.2. The first-order chi connectivity index (χ1) is 23.8. The summed E-state index contributed by atoms with van der Waals surface area (Å²) in [6.45, 7) is 19.2. The van der Waals surface area contributed by atoms with Crippen LogP contribution in [0.3, 0.4) is 0 Å². The number of rotatable bonds is 7. The van der Waals surface area contributed by atoms with E-state index in [-0.39, 0.29) is 53.6 Å². The highest BCUT2D eigenvalue weighted by Gasteiger charge is 2.61. The second-order valence-electron chi connectivity index (χ2n) is 15.6. The van der Waals surface area contributed by atoms with E-state index in [2.05, 4.69) is 11.5 Å². The van der Waals surface area contributed by atoms with Gasteiger partial charge in [0.15, 0.2) is 6.73 Å². The van der Waals surface area contributed by atoms with Gasteiger partial charge in [-0.1, -0.05) is 48.8 Å². The molecule has 51 heavy (non-hydrogen) atoms. The highest BCUT2D eigenvalue weighted by Crippen LogP contribution is 2.59. The summed E-state index contributed by atoms with van der Waals surface area (Å²) in [6, 6.07) is 10.9. The van der Waals surface area contributed by atoms with Crippen molar-refractivity contribution in [3.63, 3.8) is 0 Å². The summed E-state index contributed by atoms with van der Waals surface area (Å²) < 4.78 is 10.6. The van der Waals surface area contributed by atoms with Crippen molar-refractivity contribution in [2.45, 2.75) is 100 Å². The largest absolute Gasteiger partial charge is 0.496 e. The summed E-state index contributed by atoms with van der Waals surface area (Å²) in [7, 11) is 1.56. The number of nitrogens with one attached hydrogen (secondary N) is 1. The number of amides is 4. The van der Waals surface area contributed by atoms with E-state index in [1.165, 1.54) is 10.6 Å². The van der Waals surface area contributed by atoms with Gasteiger partial charge in [-0.3, -0.25) is 29.4 Å². The molecule has 3 aliphatic rings. The molecule has 2 aromatic carbocycles. The van der Waals surface area contributed by atoms with E-state index < -0.39 is 5.54 Å². The van der Waals surface area contributed by atoms with Crippen molar-refractivity contribution in [1.29, 1.82) is 0 Å². The van der Waals surface area contributed by atoms with Crippen molar-refractivity contribution < 1.29 is 33.4 Å². The lowest BCUT2D eigenvalue weighted by Gasteiger charge is -2.35. The van der Waals surface area contributed by atoms with E-state index in [0.717, 1.165) is 34.4 Å². The van der Waals surface area contributed by atoms with Crippen LogP contribution in [-0.4, -0.2) is 58.9 Å². The topological polar surface area (TPSA) is 122 Å². The van der Waals surface area contributed by atoms with Crippen LogP contribution in [-0.2, 0) is 19.1 Å². The van der Waals surface area contributed by atoms with Gasteiger partial charge in [-0.15, -0.1) is 0 Å². The first-order valence-electron chi connectivity index (χ1n) is 17.6. The monoisotopic (exact) mass is 699 g/mol. The Morgan fingerprint density at radius 2 is 1.53 bits per heavy atom. The summed E-state index contributed by atoms with van der Waals surface area (Å²) in [6.07, 6.45) is 5.28. The van der Waals surface area contributed by atoms with E-state index in [1.54, 1.807) is 25.3 Å². The van der Waals surface area contributed by atoms with Crippen molar-refractivity contribution in [2.75, 3.05) is 13.8 Å². The van der Waals surface area contributed by atoms with Crippen LogP contribution in [0.25, 0.3) is 0 Å². The molecule has 10 heteroatoms. The fourth-order valence-electron chi connectivity index (χ4n) is 6.92. The van der Waals surface area contributed by atoms with Gasteiger partial charge in [0.1, 0.15) is 5.75 Å². The maximum absolute atomic E-state index is 13.2. The summed E-state index contributed by atoms with van der Waals surface area (Å²) in [5, 5.41) is 1.39. The molecule has 2 atom stereocenters. The van der Waals surface area contributed by atoms with Gasteiger partial charge >= 0.3 is 5.97 Å². The minimum Gasteiger partial charge on any atom is -0.496 e. The second kappa shape index (κ2) is 15.3. The number of ether oxygens (including phenoxy) is 2. The van der Waals surface area contributed by atoms with Gasteiger partial charge in [-0.2, -0.15) is 0 Å². The number of hydrogen-bond acceptors (Lipinski definition) is 7. The molecule has 4 amide bonds. The molecule has 274 valence electrons. The molecule has 2 unspecified atom stereocenters. The zero-order valence-corrected chi connectivity index (χ0v) is 32.0. The van der Waals surface area contributed by atoms with Crippen molar-refractivity contribution in [3.8, 4) is 5.75 Å². The zero-order valence-electron chi connectivity index (χ0n) is 32.0. The Bertz CT molecular complexity index is 1740. The summed E-state index contributed by atoms with van der Waals surface area (Å²) >= 11 is 0. The third kappa shape index (κ3) is 8.60. The van der Waals surface area contributed by atoms with E-state index in [1.807, 2.05) is 87.4 Å². The molecule has 10 nitrogen and oxygen atoms in total. The molecule has 1 heterocycles. The van der Waals surface area contributed by atoms with Crippen molar-refractivity contribution in [2.24, 2.45) is 17.3 Å². The Hall–Kier alpha value is -4.73. The maximum Gasteiger partial charge on any atom is 0.311 e. The first-order valence-corrected chi connectivity index (χ1v) is 17.6. The molecule has 5 rings (SSSR count). The lowest BCUT2D eigenvalue weighted by Crippen LogP contribution is -2.56. The normalized spacial score (nSPS) is 19.0. The van der Waals surface area contributed by atoms with E-state index in [4.69, 9.17) is 9.47 Å². The lowest BCUT2D eigenvalue weighted by molar-refractivity contribution is -0.156. The SMILES string of the molecule is CC(C)=CC1C(C(=O)OCN2C(=O)C3=C(CCCC3)C2=O)C1(C)C.COc1cccc(C(=O)NN(C(=O)c2cc(C)cc(C)c2)C(C)(C)C)c1C. The van der Waals surface area contributed by atoms with E-state index in [9.17, 15) is 24.0 Å². The number of aryl methyl sites for hydroxylation is 2. The molecule has 2 aromatic rings. The minimum atomic E-state index is -0.600. The quantitative estimate of drug-likeness (QED) is 0.141. The molecule has 1 N–H and O–H groups in total. The predicted molar refractivity (Wildman–Crippen MR) is 196 cm³/mol. The third-order valence-corrected chi connectivity index (χ3v) is 9.79. The van der Waals surface area contributed by atoms with Crippen LogP contribution in [0.15, 0.2) is 59.2 Å². The molecule has 1 fully saturated rings. The number of carbonyl (C=O) groups is 5. The number of methoxy groups -OCH3 is 1. The fourth-order valence-corrected chi connectivity index (χ4v) is 6.92. The fraction of sp³-hybridized carbons (Fsp3) is 0.488. The molecule has 1 aliphatic heterocycles. The minimum absolute atomic E-state index is 0.134. The first kappa shape index (κ1) is 39.1. The van der Waals surface area contributed by atoms with E-state index >= 15 is 0 Å². The number of hydrazine groups is 1. The highest BCUT2D eigenvalue weighted by atomic mass is 16.5. The van der Waals surface area contributed by atoms with Crippen LogP contribution < -0.4 is 10.2 Å². The lowest BCUT2D eigenvalue weighted by atomic mass is 9.93. The van der Waals surface area contributed by atoms with Crippen LogP contribution in [0.2, 0.25) is 0 Å². The predicted octanol–water partition coefficient (Wildman–Crippen LogP) is 7.17. The average Bonchev–Trinajstić information content (AvgIpc) is 3.49. The Balaban J connectivity index is 0.000000230. The van der Waals surface area contributed by atoms with Crippen LogP contribution in [0, 0.1) is 38.0 Å². The second-order valence-corrected chi connectivity index (χ2v) is 15.6. The van der Waals surface area contributed by atoms with Gasteiger partial charge < -0.3 is 9.47 Å². The number of hydrogen-bond donors (Lipinski definition) is 1. The Morgan fingerprint density at radius 3 is 2.04 bits per heavy atom. The third-order valence-electron chi connectivity index (χ3n) is 9.79. The van der Waals surface area contributed by atoms with Crippen LogP contribution >= 0.6 is 0 Å². The van der Waals surface area contributed by atoms with Crippen LogP contribution in [0.1, 0.15) is 112 Å². The van der Waals surface area contributed by atoms with Gasteiger partial charge in [-0.25, -0.2) is 9.91 Å². The summed E-state index contributed by atoms with van der Waals surface area (Å²) in [5.41, 5.74) is 8.22. The number of esters is 1. The van der Waals surface area contributed by atoms with Crippen molar-refractivity contribution >= 4 is 29.6 Å². The van der Waals surface area contributed by atoms with Crippen molar-refractivity contribution in [1.82, 2.24) is 15.3 Å². The molecule has 1 saturated carbocycles. The van der Waals surface area contributed by atoms with Crippen LogP contribution in [0.4, 0.5) is 0 Å². The zero-order chi connectivity index (χ0) is 38.0. The average molecular weight is 700 g/mol. The van der Waals surface area contributed by atoms with Gasteiger partial charge in [0.05, 0.1) is 18.6 Å². The Kier molecular flexibility index (Phi) is 11.7. The molecule has 0 bridgehead atoms. The number of allylic oxidation sites excluding steroid dienone is 2. The van der Waals surface area contributed by atoms with Crippen molar-refractivity contribution in [3.05, 3.63) is 87.0 Å². The molecule has 0 saturated heterocycles. The van der Waals surface area contributed by atoms with Gasteiger partial charge in [0.25, 0.3) is 23.6 Å². The highest BCUT2D eigenvalue weighted by molar-refractivity contribution is 6.19. The molecule has 0 spiro atoms. The molecule has 0 radical (unpaired) electrons. The summed E-state index contributed by atoms with van der Waals surface area (Å²) in [4.78, 5) is 64.2. The summed E-state index contributed by atoms with van der Waals surface area (Å²) in [5.74, 6) is -0.897. The van der Waals surface area contributed by atoms with E-state index in [0.29, 0.717) is 40.9 Å². The Morgan fingerprint density at radius 1 is 0.961 bits per heavy atom. The smallest absolute Gasteiger partial charge is 0.311 e. The molecule has 2 aliphatic carbocycles. The number of nitrogens with zero attached hydrogens (tertiary/aromatic N) is 2.